The molecular weight excluding hydrogens is 396 g/mol. The van der Waals surface area contributed by atoms with E-state index in [0.717, 1.165) is 34.5 Å². The molecule has 1 aromatic carbocycles. The van der Waals surface area contributed by atoms with Crippen molar-refractivity contribution in [1.82, 2.24) is 4.98 Å². The van der Waals surface area contributed by atoms with Crippen LogP contribution in [0.5, 0.6) is 0 Å². The van der Waals surface area contributed by atoms with Crippen molar-refractivity contribution < 1.29 is 9.53 Å². The first kappa shape index (κ1) is 24.4. The summed E-state index contributed by atoms with van der Waals surface area (Å²) in [7, 11) is 0. The maximum Gasteiger partial charge on any atom is 0.341 e. The highest BCUT2D eigenvalue weighted by Crippen LogP contribution is 2.37. The van der Waals surface area contributed by atoms with E-state index in [-0.39, 0.29) is 23.8 Å². The fourth-order valence-electron chi connectivity index (χ4n) is 3.45. The van der Waals surface area contributed by atoms with Gasteiger partial charge in [0.25, 0.3) is 0 Å². The maximum absolute atomic E-state index is 13.4. The summed E-state index contributed by atoms with van der Waals surface area (Å²) in [6, 6.07) is 7.51. The Labute approximate surface area is 186 Å². The molecule has 0 atom stereocenters. The fraction of sp³-hybridized carbons (Fsp3) is 0.520. The van der Waals surface area contributed by atoms with Crippen molar-refractivity contribution in [3.05, 3.63) is 51.8 Å². The second kappa shape index (κ2) is 9.07. The Bertz CT molecular complexity index is 905. The lowest BCUT2D eigenvalue weighted by Gasteiger charge is -2.27. The van der Waals surface area contributed by atoms with E-state index in [1.54, 1.807) is 0 Å². The molecule has 0 saturated carbocycles. The molecule has 2 rings (SSSR count). The number of nitrogens with zero attached hydrogens (tertiary/aromatic N) is 1. The normalized spacial score (nSPS) is 12.4. The van der Waals surface area contributed by atoms with Gasteiger partial charge in [-0.1, -0.05) is 58.4 Å². The van der Waals surface area contributed by atoms with Crippen LogP contribution in [-0.2, 0) is 17.7 Å². The summed E-state index contributed by atoms with van der Waals surface area (Å²) in [4.78, 5) is 18.4. The standard InChI is InChI=1S/C25H35ClN2O2/c1-15(2)22-21(23(29)30-25(6,7)8)20(16-9-11-17(26)12-10-16)18(14-27)19(28-22)13-24(3,4)5/h9-12,15H,13-14,27H2,1-8H3. The Morgan fingerprint density at radius 3 is 2.10 bits per heavy atom. The number of ether oxygens (including phenoxy) is 1. The number of benzene rings is 1. The van der Waals surface area contributed by atoms with Crippen molar-refractivity contribution in [3.63, 3.8) is 0 Å². The number of hydrogen-bond donors (Lipinski definition) is 1. The van der Waals surface area contributed by atoms with Crippen molar-refractivity contribution in [2.75, 3.05) is 0 Å². The molecule has 0 saturated heterocycles. The summed E-state index contributed by atoms with van der Waals surface area (Å²) < 4.78 is 5.79. The second-order valence-electron chi connectivity index (χ2n) is 10.3. The SMILES string of the molecule is CC(C)c1nc(CC(C)(C)C)c(CN)c(-c2ccc(Cl)cc2)c1C(=O)OC(C)(C)C. The summed E-state index contributed by atoms with van der Waals surface area (Å²) in [5.74, 6) is -0.329. The average Bonchev–Trinajstić information content (AvgIpc) is 2.58. The minimum Gasteiger partial charge on any atom is -0.456 e. The number of hydrogen-bond acceptors (Lipinski definition) is 4. The van der Waals surface area contributed by atoms with Crippen molar-refractivity contribution in [3.8, 4) is 11.1 Å². The van der Waals surface area contributed by atoms with Crippen LogP contribution in [0.3, 0.4) is 0 Å². The lowest BCUT2D eigenvalue weighted by molar-refractivity contribution is 0.00681. The minimum atomic E-state index is -0.616. The number of pyridine rings is 1. The maximum atomic E-state index is 13.4. The Hall–Kier alpha value is -1.91. The van der Waals surface area contributed by atoms with Crippen LogP contribution in [0, 0.1) is 5.41 Å². The zero-order valence-corrected chi connectivity index (χ0v) is 20.3. The predicted octanol–water partition coefficient (Wildman–Crippen LogP) is 6.53. The number of carbonyl (C=O) groups is 1. The number of halogens is 1. The van der Waals surface area contributed by atoms with Gasteiger partial charge in [-0.05, 0) is 61.8 Å². The van der Waals surface area contributed by atoms with Gasteiger partial charge in [-0.15, -0.1) is 0 Å². The summed E-state index contributed by atoms with van der Waals surface area (Å²) in [5.41, 5.74) is 10.4. The number of esters is 1. The van der Waals surface area contributed by atoms with E-state index in [4.69, 9.17) is 27.1 Å². The monoisotopic (exact) mass is 430 g/mol. The van der Waals surface area contributed by atoms with Crippen LogP contribution < -0.4 is 5.73 Å². The van der Waals surface area contributed by atoms with Crippen LogP contribution in [0.25, 0.3) is 11.1 Å². The van der Waals surface area contributed by atoms with Crippen LogP contribution in [-0.4, -0.2) is 16.6 Å². The molecule has 0 radical (unpaired) electrons. The molecule has 164 valence electrons. The Balaban J connectivity index is 2.92. The molecule has 2 aromatic rings. The fourth-order valence-corrected chi connectivity index (χ4v) is 3.58. The van der Waals surface area contributed by atoms with E-state index in [1.165, 1.54) is 0 Å². The smallest absolute Gasteiger partial charge is 0.341 e. The highest BCUT2D eigenvalue weighted by Gasteiger charge is 2.30. The highest BCUT2D eigenvalue weighted by atomic mass is 35.5. The van der Waals surface area contributed by atoms with Crippen LogP contribution in [0.2, 0.25) is 5.02 Å². The summed E-state index contributed by atoms with van der Waals surface area (Å²) >= 11 is 6.13. The van der Waals surface area contributed by atoms with Crippen molar-refractivity contribution in [2.45, 2.75) is 79.9 Å². The second-order valence-corrected chi connectivity index (χ2v) is 10.7. The lowest BCUT2D eigenvalue weighted by Crippen LogP contribution is -2.27. The third-order valence-electron chi connectivity index (χ3n) is 4.60. The van der Waals surface area contributed by atoms with Crippen molar-refractivity contribution in [1.29, 1.82) is 0 Å². The van der Waals surface area contributed by atoms with Crippen molar-refractivity contribution >= 4 is 17.6 Å². The van der Waals surface area contributed by atoms with E-state index < -0.39 is 5.60 Å². The third-order valence-corrected chi connectivity index (χ3v) is 4.85. The molecule has 2 N–H and O–H groups in total. The molecule has 5 heteroatoms. The zero-order valence-electron chi connectivity index (χ0n) is 19.5. The number of aromatic nitrogens is 1. The summed E-state index contributed by atoms with van der Waals surface area (Å²) in [5, 5.41) is 0.639. The Morgan fingerprint density at radius 2 is 1.67 bits per heavy atom. The molecule has 0 spiro atoms. The molecule has 30 heavy (non-hydrogen) atoms. The van der Waals surface area contributed by atoms with Gasteiger partial charge in [0.2, 0.25) is 0 Å². The van der Waals surface area contributed by atoms with E-state index in [2.05, 4.69) is 20.8 Å². The zero-order chi connectivity index (χ0) is 22.9. The predicted molar refractivity (Wildman–Crippen MR) is 125 cm³/mol. The molecule has 0 fully saturated rings. The number of rotatable bonds is 5. The topological polar surface area (TPSA) is 65.2 Å². The third kappa shape index (κ3) is 6.05. The summed E-state index contributed by atoms with van der Waals surface area (Å²) in [6.45, 7) is 16.5. The Morgan fingerprint density at radius 1 is 1.10 bits per heavy atom. The molecule has 0 bridgehead atoms. The molecule has 0 aliphatic heterocycles. The van der Waals surface area contributed by atoms with Gasteiger partial charge in [-0.3, -0.25) is 4.98 Å². The van der Waals surface area contributed by atoms with Crippen LogP contribution >= 0.6 is 11.6 Å². The van der Waals surface area contributed by atoms with Crippen molar-refractivity contribution in [2.24, 2.45) is 11.1 Å². The average molecular weight is 431 g/mol. The van der Waals surface area contributed by atoms with Gasteiger partial charge < -0.3 is 10.5 Å². The van der Waals surface area contributed by atoms with Gasteiger partial charge in [0.1, 0.15) is 5.60 Å². The van der Waals surface area contributed by atoms with Gasteiger partial charge in [0.05, 0.1) is 11.3 Å². The largest absolute Gasteiger partial charge is 0.456 e. The number of carbonyl (C=O) groups excluding carboxylic acids is 1. The van der Waals surface area contributed by atoms with Gasteiger partial charge in [-0.2, -0.15) is 0 Å². The quantitative estimate of drug-likeness (QED) is 0.547. The minimum absolute atomic E-state index is 0.0237. The highest BCUT2D eigenvalue weighted by molar-refractivity contribution is 6.30. The molecule has 0 aliphatic carbocycles. The van der Waals surface area contributed by atoms with Gasteiger partial charge in [0, 0.05) is 22.8 Å². The molecule has 1 aromatic heterocycles. The van der Waals surface area contributed by atoms with E-state index in [9.17, 15) is 4.79 Å². The first-order valence-electron chi connectivity index (χ1n) is 10.5. The molecule has 0 amide bonds. The number of nitrogens with two attached hydrogens (primary N) is 1. The van der Waals surface area contributed by atoms with Gasteiger partial charge >= 0.3 is 5.97 Å². The molecule has 1 heterocycles. The lowest BCUT2D eigenvalue weighted by atomic mass is 9.84. The van der Waals surface area contributed by atoms with Gasteiger partial charge in [-0.25, -0.2) is 4.79 Å². The van der Waals surface area contributed by atoms with Gasteiger partial charge in [0.15, 0.2) is 0 Å². The molecule has 0 aliphatic rings. The van der Waals surface area contributed by atoms with Crippen LogP contribution in [0.1, 0.15) is 88.6 Å². The van der Waals surface area contributed by atoms with E-state index >= 15 is 0 Å². The Kier molecular flexibility index (Phi) is 7.36. The van der Waals surface area contributed by atoms with E-state index in [1.807, 2.05) is 58.9 Å². The van der Waals surface area contributed by atoms with Crippen LogP contribution in [0.15, 0.2) is 24.3 Å². The molecule has 0 unspecified atom stereocenters. The molecule has 4 nitrogen and oxygen atoms in total. The molecular formula is C25H35ClN2O2. The first-order chi connectivity index (χ1) is 13.7. The first-order valence-corrected chi connectivity index (χ1v) is 10.9. The summed E-state index contributed by atoms with van der Waals surface area (Å²) in [6.07, 6.45) is 0.758. The van der Waals surface area contributed by atoms with Crippen LogP contribution in [0.4, 0.5) is 0 Å². The van der Waals surface area contributed by atoms with E-state index in [0.29, 0.717) is 10.6 Å².